The van der Waals surface area contributed by atoms with Crippen molar-refractivity contribution in [3.63, 3.8) is 0 Å². The topological polar surface area (TPSA) is 105 Å². The molecule has 0 spiro atoms. The van der Waals surface area contributed by atoms with Crippen molar-refractivity contribution >= 4 is 28.9 Å². The molecular formula is C22H29ClN2O4. The van der Waals surface area contributed by atoms with E-state index >= 15 is 0 Å². The van der Waals surface area contributed by atoms with Crippen LogP contribution in [0.5, 0.6) is 5.75 Å². The van der Waals surface area contributed by atoms with Crippen molar-refractivity contribution in [2.75, 3.05) is 17.6 Å². The van der Waals surface area contributed by atoms with E-state index in [0.717, 1.165) is 5.69 Å². The molecule has 4 atom stereocenters. The number of benzene rings is 2. The molecule has 0 aliphatic heterocycles. The molecule has 0 saturated heterocycles. The zero-order valence-electron chi connectivity index (χ0n) is 16.9. The summed E-state index contributed by atoms with van der Waals surface area (Å²) in [7, 11) is 0. The van der Waals surface area contributed by atoms with Gasteiger partial charge in [0.15, 0.2) is 0 Å². The van der Waals surface area contributed by atoms with Gasteiger partial charge < -0.3 is 26.0 Å². The van der Waals surface area contributed by atoms with E-state index in [1.165, 1.54) is 0 Å². The molecule has 5 N–H and O–H groups in total. The highest BCUT2D eigenvalue weighted by molar-refractivity contribution is 6.21. The molecular weight excluding hydrogens is 392 g/mol. The lowest BCUT2D eigenvalue weighted by Gasteiger charge is -2.30. The van der Waals surface area contributed by atoms with E-state index in [-0.39, 0.29) is 17.7 Å². The van der Waals surface area contributed by atoms with Gasteiger partial charge >= 0.3 is 5.97 Å². The van der Waals surface area contributed by atoms with Crippen LogP contribution in [0.1, 0.15) is 32.8 Å². The van der Waals surface area contributed by atoms with Crippen molar-refractivity contribution in [2.24, 2.45) is 5.92 Å². The number of alkyl halides is 1. The number of rotatable bonds is 10. The normalized spacial score (nSPS) is 16.3. The van der Waals surface area contributed by atoms with Crippen LogP contribution in [0.25, 0.3) is 0 Å². The van der Waals surface area contributed by atoms with Crippen LogP contribution in [0, 0.1) is 5.92 Å². The summed E-state index contributed by atoms with van der Waals surface area (Å²) in [5, 5.41) is 22.5. The molecule has 4 unspecified atom stereocenters. The molecule has 0 radical (unpaired) electrons. The molecule has 158 valence electrons. The number of aliphatic carboxylic acids is 1. The fourth-order valence-electron chi connectivity index (χ4n) is 3.14. The van der Waals surface area contributed by atoms with Gasteiger partial charge in [-0.2, -0.15) is 0 Å². The molecule has 0 aromatic heterocycles. The zero-order chi connectivity index (χ0) is 21.6. The van der Waals surface area contributed by atoms with Gasteiger partial charge in [0, 0.05) is 29.5 Å². The number of aliphatic hydroxyl groups is 1. The van der Waals surface area contributed by atoms with Crippen LogP contribution in [0.15, 0.2) is 48.5 Å². The molecule has 0 aliphatic rings. The van der Waals surface area contributed by atoms with Crippen molar-refractivity contribution in [3.05, 3.63) is 54.1 Å². The van der Waals surface area contributed by atoms with Gasteiger partial charge in [-0.1, -0.05) is 32.0 Å². The Hall–Kier alpha value is -2.44. The lowest BCUT2D eigenvalue weighted by atomic mass is 9.90. The monoisotopic (exact) mass is 420 g/mol. The standard InChI is InChI=1S/C22H29ClN2O4/c1-4-22(21(27)28,16-8-10-17(24)11-9-16)29-19-7-5-6-18(12-19)25-13-14(2)20(23)15(3)26/h5-12,14-15,20,25-26H,4,13,24H2,1-3H3,(H,27,28). The number of nitrogen functional groups attached to an aromatic ring is 1. The molecule has 2 aromatic rings. The summed E-state index contributed by atoms with van der Waals surface area (Å²) >= 11 is 6.19. The first-order valence-electron chi connectivity index (χ1n) is 9.64. The van der Waals surface area contributed by atoms with Gasteiger partial charge in [-0.3, -0.25) is 0 Å². The minimum absolute atomic E-state index is 0.0322. The number of anilines is 2. The van der Waals surface area contributed by atoms with Gasteiger partial charge in [-0.05, 0) is 43.5 Å². The quantitative estimate of drug-likeness (QED) is 0.341. The maximum absolute atomic E-state index is 12.2. The Bertz CT molecular complexity index is 813. The second kappa shape index (κ2) is 9.85. The minimum Gasteiger partial charge on any atom is -0.478 e. The number of nitrogens with one attached hydrogen (secondary N) is 1. The summed E-state index contributed by atoms with van der Waals surface area (Å²) in [6.07, 6.45) is -0.368. The van der Waals surface area contributed by atoms with Gasteiger partial charge in [-0.15, -0.1) is 11.6 Å². The summed E-state index contributed by atoms with van der Waals surface area (Å²) in [6, 6.07) is 13.8. The minimum atomic E-state index is -1.52. The lowest BCUT2D eigenvalue weighted by molar-refractivity contribution is -0.156. The number of carbonyl (C=O) groups is 1. The van der Waals surface area contributed by atoms with Gasteiger partial charge in [0.25, 0.3) is 0 Å². The first-order chi connectivity index (χ1) is 13.7. The largest absolute Gasteiger partial charge is 0.478 e. The van der Waals surface area contributed by atoms with Gasteiger partial charge in [0.2, 0.25) is 5.60 Å². The number of ether oxygens (including phenoxy) is 1. The maximum atomic E-state index is 12.2. The molecule has 0 aliphatic carbocycles. The first-order valence-corrected chi connectivity index (χ1v) is 10.1. The SMILES string of the molecule is CCC(Oc1cccc(NCC(C)C(Cl)C(C)O)c1)(C(=O)O)c1ccc(N)cc1. The molecule has 2 aromatic carbocycles. The number of hydrogen-bond donors (Lipinski definition) is 4. The fraction of sp³-hybridized carbons (Fsp3) is 0.409. The molecule has 0 bridgehead atoms. The Morgan fingerprint density at radius 2 is 1.90 bits per heavy atom. The molecule has 2 rings (SSSR count). The molecule has 0 heterocycles. The number of carboxylic acids is 1. The maximum Gasteiger partial charge on any atom is 0.352 e. The average Bonchev–Trinajstić information content (AvgIpc) is 2.70. The van der Waals surface area contributed by atoms with Gasteiger partial charge in [-0.25, -0.2) is 4.79 Å². The van der Waals surface area contributed by atoms with Crippen LogP contribution in [-0.4, -0.2) is 34.2 Å². The van der Waals surface area contributed by atoms with Crippen molar-refractivity contribution in [3.8, 4) is 5.75 Å². The van der Waals surface area contributed by atoms with Crippen molar-refractivity contribution in [2.45, 2.75) is 44.3 Å². The van der Waals surface area contributed by atoms with E-state index in [0.29, 0.717) is 23.5 Å². The summed E-state index contributed by atoms with van der Waals surface area (Å²) in [4.78, 5) is 12.2. The Morgan fingerprint density at radius 3 is 2.45 bits per heavy atom. The summed E-state index contributed by atoms with van der Waals surface area (Å²) in [6.45, 7) is 5.94. The average molecular weight is 421 g/mol. The molecule has 0 saturated carbocycles. The van der Waals surface area contributed by atoms with Crippen LogP contribution >= 0.6 is 11.6 Å². The van der Waals surface area contributed by atoms with Crippen LogP contribution in [-0.2, 0) is 10.4 Å². The smallest absolute Gasteiger partial charge is 0.352 e. The van der Waals surface area contributed by atoms with Crippen LogP contribution in [0.4, 0.5) is 11.4 Å². The molecule has 0 amide bonds. The summed E-state index contributed by atoms with van der Waals surface area (Å²) in [5.41, 5.74) is 6.07. The predicted octanol–water partition coefficient (Wildman–Crippen LogP) is 4.07. The highest BCUT2D eigenvalue weighted by atomic mass is 35.5. The number of nitrogens with two attached hydrogens (primary N) is 1. The van der Waals surface area contributed by atoms with Gasteiger partial charge in [0.05, 0.1) is 11.5 Å². The molecule has 7 heteroatoms. The highest BCUT2D eigenvalue weighted by Gasteiger charge is 2.41. The van der Waals surface area contributed by atoms with E-state index in [1.54, 1.807) is 56.3 Å². The third-order valence-corrected chi connectivity index (χ3v) is 5.77. The number of aliphatic hydroxyl groups excluding tert-OH is 1. The number of halogens is 1. The van der Waals surface area contributed by atoms with E-state index < -0.39 is 17.7 Å². The predicted molar refractivity (Wildman–Crippen MR) is 117 cm³/mol. The highest BCUT2D eigenvalue weighted by Crippen LogP contribution is 2.33. The second-order valence-electron chi connectivity index (χ2n) is 7.28. The van der Waals surface area contributed by atoms with E-state index in [2.05, 4.69) is 5.32 Å². The first kappa shape index (κ1) is 22.8. The van der Waals surface area contributed by atoms with Crippen LogP contribution < -0.4 is 15.8 Å². The summed E-state index contributed by atoms with van der Waals surface area (Å²) in [5.74, 6) is -0.606. The number of carboxylic acid groups (broad SMARTS) is 1. The Morgan fingerprint density at radius 1 is 1.24 bits per heavy atom. The molecule has 0 fully saturated rings. The Labute approximate surface area is 176 Å². The van der Waals surface area contributed by atoms with Crippen molar-refractivity contribution < 1.29 is 19.7 Å². The molecule has 6 nitrogen and oxygen atoms in total. The van der Waals surface area contributed by atoms with E-state index in [9.17, 15) is 15.0 Å². The number of hydrogen-bond acceptors (Lipinski definition) is 5. The zero-order valence-corrected chi connectivity index (χ0v) is 17.7. The van der Waals surface area contributed by atoms with Gasteiger partial charge in [0.1, 0.15) is 5.75 Å². The van der Waals surface area contributed by atoms with Crippen LogP contribution in [0.2, 0.25) is 0 Å². The Balaban J connectivity index is 2.21. The van der Waals surface area contributed by atoms with E-state index in [4.69, 9.17) is 22.1 Å². The third-order valence-electron chi connectivity index (χ3n) is 4.98. The van der Waals surface area contributed by atoms with Crippen molar-refractivity contribution in [1.29, 1.82) is 0 Å². The van der Waals surface area contributed by atoms with Crippen molar-refractivity contribution in [1.82, 2.24) is 0 Å². The summed E-state index contributed by atoms with van der Waals surface area (Å²) < 4.78 is 6.03. The molecule has 29 heavy (non-hydrogen) atoms. The second-order valence-corrected chi connectivity index (χ2v) is 7.78. The third kappa shape index (κ3) is 5.55. The Kier molecular flexibility index (Phi) is 7.76. The van der Waals surface area contributed by atoms with Crippen LogP contribution in [0.3, 0.4) is 0 Å². The fourth-order valence-corrected chi connectivity index (χ4v) is 3.23. The lowest BCUT2D eigenvalue weighted by Crippen LogP contribution is -2.41. The van der Waals surface area contributed by atoms with E-state index in [1.807, 2.05) is 13.0 Å².